The Morgan fingerprint density at radius 1 is 1.20 bits per heavy atom. The number of methoxy groups -OCH3 is 1. The first-order valence-corrected chi connectivity index (χ1v) is 10.1. The van der Waals surface area contributed by atoms with Gasteiger partial charge in [0, 0.05) is 12.6 Å². The van der Waals surface area contributed by atoms with Crippen molar-refractivity contribution in [3.8, 4) is 11.7 Å². The molecular formula is C21H24ClN5O3. The summed E-state index contributed by atoms with van der Waals surface area (Å²) in [5.41, 5.74) is 2.16. The van der Waals surface area contributed by atoms with Crippen LogP contribution >= 0.6 is 11.6 Å². The van der Waals surface area contributed by atoms with Crippen LogP contribution in [-0.4, -0.2) is 39.4 Å². The van der Waals surface area contributed by atoms with Crippen LogP contribution in [0.2, 0.25) is 5.15 Å². The van der Waals surface area contributed by atoms with Gasteiger partial charge in [0.1, 0.15) is 22.3 Å². The van der Waals surface area contributed by atoms with E-state index >= 15 is 0 Å². The molecule has 0 amide bonds. The van der Waals surface area contributed by atoms with Crippen LogP contribution in [0.3, 0.4) is 0 Å². The van der Waals surface area contributed by atoms with Crippen molar-refractivity contribution >= 4 is 23.4 Å². The molecule has 2 aromatic heterocycles. The molecule has 0 unspecified atom stereocenters. The second-order valence-corrected chi connectivity index (χ2v) is 6.85. The highest BCUT2D eigenvalue weighted by molar-refractivity contribution is 6.29. The lowest BCUT2D eigenvalue weighted by atomic mass is 10.1. The summed E-state index contributed by atoms with van der Waals surface area (Å²) in [4.78, 5) is 21.1. The van der Waals surface area contributed by atoms with Gasteiger partial charge in [-0.25, -0.2) is 9.48 Å². The molecule has 158 valence electrons. The predicted octanol–water partition coefficient (Wildman–Crippen LogP) is 4.07. The number of halogens is 1. The van der Waals surface area contributed by atoms with Crippen molar-refractivity contribution in [3.63, 3.8) is 0 Å². The molecule has 0 saturated heterocycles. The largest absolute Gasteiger partial charge is 0.497 e. The molecule has 0 spiro atoms. The lowest BCUT2D eigenvalue weighted by Gasteiger charge is -2.11. The average Bonchev–Trinajstić information content (AvgIpc) is 3.16. The normalized spacial score (nSPS) is 10.7. The first-order chi connectivity index (χ1) is 14.5. The van der Waals surface area contributed by atoms with Crippen LogP contribution in [0.1, 0.15) is 41.9 Å². The zero-order valence-corrected chi connectivity index (χ0v) is 17.9. The number of ether oxygens (including phenoxy) is 2. The van der Waals surface area contributed by atoms with Crippen LogP contribution < -0.4 is 10.1 Å². The zero-order chi connectivity index (χ0) is 21.5. The van der Waals surface area contributed by atoms with Crippen LogP contribution in [0.5, 0.6) is 5.75 Å². The monoisotopic (exact) mass is 429 g/mol. The fourth-order valence-corrected chi connectivity index (χ4v) is 3.11. The molecule has 8 nitrogen and oxygen atoms in total. The number of aromatic nitrogens is 4. The Hall–Kier alpha value is -3.13. The van der Waals surface area contributed by atoms with E-state index in [2.05, 4.69) is 20.4 Å². The molecular weight excluding hydrogens is 406 g/mol. The highest BCUT2D eigenvalue weighted by Crippen LogP contribution is 2.20. The number of carbonyl (C=O) groups excluding carboxylic acids is 1. The van der Waals surface area contributed by atoms with E-state index in [1.54, 1.807) is 24.8 Å². The van der Waals surface area contributed by atoms with Crippen LogP contribution in [0.4, 0.5) is 5.82 Å². The first-order valence-electron chi connectivity index (χ1n) is 9.71. The molecule has 3 aromatic rings. The maximum atomic E-state index is 12.3. The number of benzene rings is 1. The summed E-state index contributed by atoms with van der Waals surface area (Å²) in [6.45, 7) is 4.63. The summed E-state index contributed by atoms with van der Waals surface area (Å²) in [6.07, 6.45) is 2.93. The molecule has 2 heterocycles. The maximum absolute atomic E-state index is 12.3. The number of rotatable bonds is 9. The van der Waals surface area contributed by atoms with Crippen molar-refractivity contribution in [1.29, 1.82) is 0 Å². The molecule has 0 saturated carbocycles. The maximum Gasteiger partial charge on any atom is 0.341 e. The van der Waals surface area contributed by atoms with Crippen LogP contribution in [-0.2, 0) is 17.7 Å². The Kier molecular flexibility index (Phi) is 7.24. The van der Waals surface area contributed by atoms with E-state index in [1.807, 2.05) is 31.2 Å². The van der Waals surface area contributed by atoms with Gasteiger partial charge in [-0.15, -0.1) is 0 Å². The van der Waals surface area contributed by atoms with Crippen LogP contribution in [0, 0.1) is 0 Å². The van der Waals surface area contributed by atoms with E-state index in [0.29, 0.717) is 42.6 Å². The lowest BCUT2D eigenvalue weighted by molar-refractivity contribution is 0.0525. The molecule has 0 aliphatic rings. The number of hydrogen-bond acceptors (Lipinski definition) is 7. The fraction of sp³-hybridized carbons (Fsp3) is 0.333. The Bertz CT molecular complexity index is 1000. The van der Waals surface area contributed by atoms with E-state index in [-0.39, 0.29) is 5.15 Å². The van der Waals surface area contributed by atoms with Crippen LogP contribution in [0.15, 0.2) is 36.5 Å². The third-order valence-corrected chi connectivity index (χ3v) is 4.55. The minimum absolute atomic E-state index is 0.271. The molecule has 9 heteroatoms. The number of hydrogen-bond donors (Lipinski definition) is 1. The van der Waals surface area contributed by atoms with Gasteiger partial charge in [-0.05, 0) is 31.0 Å². The second-order valence-electron chi connectivity index (χ2n) is 6.46. The summed E-state index contributed by atoms with van der Waals surface area (Å²) in [7, 11) is 1.63. The smallest absolute Gasteiger partial charge is 0.341 e. The number of nitrogens with zero attached hydrogens (tertiary/aromatic N) is 4. The van der Waals surface area contributed by atoms with Crippen molar-refractivity contribution in [2.75, 3.05) is 19.0 Å². The Balaban J connectivity index is 1.86. The summed E-state index contributed by atoms with van der Waals surface area (Å²) in [6, 6.07) is 9.37. The Morgan fingerprint density at radius 3 is 2.63 bits per heavy atom. The number of carbonyl (C=O) groups is 1. The minimum atomic E-state index is -0.410. The van der Waals surface area contributed by atoms with Gasteiger partial charge < -0.3 is 14.8 Å². The van der Waals surface area contributed by atoms with Gasteiger partial charge in [0.05, 0.1) is 25.6 Å². The van der Waals surface area contributed by atoms with Crippen molar-refractivity contribution < 1.29 is 14.3 Å². The number of esters is 1. The summed E-state index contributed by atoms with van der Waals surface area (Å²) in [5.74, 6) is 1.23. The molecule has 3 rings (SSSR count). The predicted molar refractivity (Wildman–Crippen MR) is 114 cm³/mol. The minimum Gasteiger partial charge on any atom is -0.497 e. The van der Waals surface area contributed by atoms with Gasteiger partial charge in [-0.1, -0.05) is 37.1 Å². The van der Waals surface area contributed by atoms with E-state index in [1.165, 1.54) is 6.20 Å². The van der Waals surface area contributed by atoms with Crippen molar-refractivity contribution in [3.05, 3.63) is 58.5 Å². The van der Waals surface area contributed by atoms with Crippen molar-refractivity contribution in [2.45, 2.75) is 33.2 Å². The highest BCUT2D eigenvalue weighted by atomic mass is 35.5. The second kappa shape index (κ2) is 10.1. The number of nitrogens with one attached hydrogen (secondary N) is 1. The van der Waals surface area contributed by atoms with Gasteiger partial charge in [0.25, 0.3) is 5.95 Å². The Morgan fingerprint density at radius 2 is 1.97 bits per heavy atom. The van der Waals surface area contributed by atoms with Crippen molar-refractivity contribution in [1.82, 2.24) is 19.7 Å². The molecule has 30 heavy (non-hydrogen) atoms. The lowest BCUT2D eigenvalue weighted by Crippen LogP contribution is -2.12. The van der Waals surface area contributed by atoms with Crippen molar-refractivity contribution in [2.24, 2.45) is 0 Å². The van der Waals surface area contributed by atoms with E-state index in [4.69, 9.17) is 21.1 Å². The summed E-state index contributed by atoms with van der Waals surface area (Å²) < 4.78 is 11.9. The molecule has 0 fully saturated rings. The van der Waals surface area contributed by atoms with Gasteiger partial charge in [-0.3, -0.25) is 0 Å². The van der Waals surface area contributed by atoms with Crippen LogP contribution in [0.25, 0.3) is 5.95 Å². The molecule has 0 bridgehead atoms. The van der Waals surface area contributed by atoms with Gasteiger partial charge in [0.15, 0.2) is 0 Å². The van der Waals surface area contributed by atoms with Gasteiger partial charge >= 0.3 is 5.97 Å². The third kappa shape index (κ3) is 5.07. The summed E-state index contributed by atoms with van der Waals surface area (Å²) in [5, 5.41) is 7.83. The topological polar surface area (TPSA) is 91.2 Å². The highest BCUT2D eigenvalue weighted by Gasteiger charge is 2.20. The molecule has 0 aliphatic heterocycles. The van der Waals surface area contributed by atoms with E-state index in [9.17, 15) is 4.79 Å². The quantitative estimate of drug-likeness (QED) is 0.405. The SMILES string of the molecule is CCCc1c(C(=O)OCC)cnn1-c1nc(Cl)cc(NCc2ccc(OC)cc2)n1. The fourth-order valence-electron chi connectivity index (χ4n) is 2.93. The zero-order valence-electron chi connectivity index (χ0n) is 17.2. The van der Waals surface area contributed by atoms with E-state index < -0.39 is 5.97 Å². The molecule has 0 radical (unpaired) electrons. The summed E-state index contributed by atoms with van der Waals surface area (Å²) >= 11 is 6.23. The standard InChI is InChI=1S/C21H24ClN5O3/c1-4-6-17-16(20(28)30-5-2)13-24-27(17)21-25-18(22)11-19(26-21)23-12-14-7-9-15(29-3)10-8-14/h7-11,13H,4-6,12H2,1-3H3,(H,23,25,26). The Labute approximate surface area is 180 Å². The van der Waals surface area contributed by atoms with E-state index in [0.717, 1.165) is 17.7 Å². The third-order valence-electron chi connectivity index (χ3n) is 4.36. The molecule has 1 aromatic carbocycles. The molecule has 0 aliphatic carbocycles. The molecule has 1 N–H and O–H groups in total. The van der Waals surface area contributed by atoms with Gasteiger partial charge in [0.2, 0.25) is 0 Å². The van der Waals surface area contributed by atoms with Gasteiger partial charge in [-0.2, -0.15) is 15.1 Å². The molecule has 0 atom stereocenters. The average molecular weight is 430 g/mol. The number of anilines is 1. The first kappa shape index (κ1) is 21.6.